The summed E-state index contributed by atoms with van der Waals surface area (Å²) in [4.78, 5) is 4.32. The van der Waals surface area contributed by atoms with Gasteiger partial charge in [0, 0.05) is 26.6 Å². The minimum absolute atomic E-state index is 0.626. The summed E-state index contributed by atoms with van der Waals surface area (Å²) in [5.74, 6) is 2.29. The van der Waals surface area contributed by atoms with Gasteiger partial charge in [0.05, 0.1) is 25.0 Å². The maximum atomic E-state index is 5.80. The first-order valence-corrected chi connectivity index (χ1v) is 7.21. The van der Waals surface area contributed by atoms with E-state index in [1.807, 2.05) is 31.2 Å². The Morgan fingerprint density at radius 2 is 2.10 bits per heavy atom. The van der Waals surface area contributed by atoms with Crippen LogP contribution in [0.1, 0.15) is 12.8 Å². The maximum Gasteiger partial charge on any atom is 0.196 e. The number of para-hydroxylation sites is 1. The fraction of sp³-hybridized carbons (Fsp3) is 0.438. The number of nitrogens with one attached hydrogen (secondary N) is 1. The molecular formula is C16H22N2O3. The third-order valence-corrected chi connectivity index (χ3v) is 3.00. The van der Waals surface area contributed by atoms with Crippen LogP contribution in [0.4, 0.5) is 0 Å². The molecule has 0 atom stereocenters. The van der Waals surface area contributed by atoms with E-state index in [2.05, 4.69) is 10.3 Å². The van der Waals surface area contributed by atoms with E-state index in [0.717, 1.165) is 42.5 Å². The van der Waals surface area contributed by atoms with Crippen molar-refractivity contribution in [2.75, 3.05) is 33.4 Å². The number of rotatable bonds is 9. The SMILES string of the molecule is CCOc1ccccc1-c1cnc(CCNCCOC)o1. The molecule has 0 saturated carbocycles. The van der Waals surface area contributed by atoms with Crippen LogP contribution in [-0.2, 0) is 11.2 Å². The van der Waals surface area contributed by atoms with E-state index < -0.39 is 0 Å². The Balaban J connectivity index is 1.96. The Morgan fingerprint density at radius 1 is 1.24 bits per heavy atom. The molecule has 21 heavy (non-hydrogen) atoms. The highest BCUT2D eigenvalue weighted by Crippen LogP contribution is 2.30. The largest absolute Gasteiger partial charge is 0.493 e. The Morgan fingerprint density at radius 3 is 2.90 bits per heavy atom. The van der Waals surface area contributed by atoms with E-state index in [1.165, 1.54) is 0 Å². The zero-order valence-corrected chi connectivity index (χ0v) is 12.6. The summed E-state index contributed by atoms with van der Waals surface area (Å²) in [6.45, 7) is 4.95. The van der Waals surface area contributed by atoms with Crippen molar-refractivity contribution in [3.8, 4) is 17.1 Å². The molecule has 0 fully saturated rings. The van der Waals surface area contributed by atoms with Crippen LogP contribution < -0.4 is 10.1 Å². The predicted molar refractivity (Wildman–Crippen MR) is 81.6 cm³/mol. The maximum absolute atomic E-state index is 5.80. The summed E-state index contributed by atoms with van der Waals surface area (Å²) in [6, 6.07) is 7.83. The number of hydrogen-bond donors (Lipinski definition) is 1. The molecule has 1 heterocycles. The molecule has 0 aliphatic heterocycles. The first-order valence-electron chi connectivity index (χ1n) is 7.21. The van der Waals surface area contributed by atoms with Crippen molar-refractivity contribution in [1.29, 1.82) is 0 Å². The summed E-state index contributed by atoms with van der Waals surface area (Å²) >= 11 is 0. The molecule has 114 valence electrons. The minimum atomic E-state index is 0.626. The van der Waals surface area contributed by atoms with Gasteiger partial charge in [-0.1, -0.05) is 12.1 Å². The highest BCUT2D eigenvalue weighted by atomic mass is 16.5. The van der Waals surface area contributed by atoms with Crippen molar-refractivity contribution in [2.45, 2.75) is 13.3 Å². The van der Waals surface area contributed by atoms with Crippen molar-refractivity contribution in [3.63, 3.8) is 0 Å². The van der Waals surface area contributed by atoms with Crippen LogP contribution in [0.15, 0.2) is 34.9 Å². The Kier molecular flexibility index (Phi) is 6.24. The highest BCUT2D eigenvalue weighted by molar-refractivity contribution is 5.64. The van der Waals surface area contributed by atoms with Gasteiger partial charge >= 0.3 is 0 Å². The van der Waals surface area contributed by atoms with E-state index in [1.54, 1.807) is 13.3 Å². The number of methoxy groups -OCH3 is 1. The van der Waals surface area contributed by atoms with Gasteiger partial charge in [0.1, 0.15) is 5.75 Å². The topological polar surface area (TPSA) is 56.5 Å². The summed E-state index contributed by atoms with van der Waals surface area (Å²) < 4.78 is 16.4. The van der Waals surface area contributed by atoms with Gasteiger partial charge in [0.25, 0.3) is 0 Å². The number of ether oxygens (including phenoxy) is 2. The van der Waals surface area contributed by atoms with E-state index in [4.69, 9.17) is 13.9 Å². The quantitative estimate of drug-likeness (QED) is 0.719. The normalized spacial score (nSPS) is 10.8. The second-order valence-corrected chi connectivity index (χ2v) is 4.54. The van der Waals surface area contributed by atoms with Crippen LogP contribution >= 0.6 is 0 Å². The van der Waals surface area contributed by atoms with Crippen LogP contribution in [0.2, 0.25) is 0 Å². The van der Waals surface area contributed by atoms with Gasteiger partial charge in [-0.2, -0.15) is 0 Å². The van der Waals surface area contributed by atoms with Crippen LogP contribution in [-0.4, -0.2) is 38.4 Å². The van der Waals surface area contributed by atoms with Crippen molar-refractivity contribution in [3.05, 3.63) is 36.4 Å². The van der Waals surface area contributed by atoms with Crippen molar-refractivity contribution in [2.24, 2.45) is 0 Å². The van der Waals surface area contributed by atoms with Gasteiger partial charge in [-0.05, 0) is 19.1 Å². The average Bonchev–Trinajstić information content (AvgIpc) is 2.97. The van der Waals surface area contributed by atoms with Crippen molar-refractivity contribution in [1.82, 2.24) is 10.3 Å². The second-order valence-electron chi connectivity index (χ2n) is 4.54. The fourth-order valence-electron chi connectivity index (χ4n) is 2.00. The average molecular weight is 290 g/mol. The van der Waals surface area contributed by atoms with Crippen molar-refractivity contribution < 1.29 is 13.9 Å². The molecule has 1 N–H and O–H groups in total. The lowest BCUT2D eigenvalue weighted by Gasteiger charge is -2.07. The summed E-state index contributed by atoms with van der Waals surface area (Å²) in [5.41, 5.74) is 0.936. The monoisotopic (exact) mass is 290 g/mol. The first-order chi connectivity index (χ1) is 10.3. The number of hydrogen-bond acceptors (Lipinski definition) is 5. The molecule has 0 aliphatic rings. The van der Waals surface area contributed by atoms with Gasteiger partial charge in [0.2, 0.25) is 0 Å². The molecule has 1 aromatic heterocycles. The van der Waals surface area contributed by atoms with Crippen LogP contribution in [0.5, 0.6) is 5.75 Å². The smallest absolute Gasteiger partial charge is 0.196 e. The third kappa shape index (κ3) is 4.58. The molecule has 5 heteroatoms. The lowest BCUT2D eigenvalue weighted by molar-refractivity contribution is 0.199. The Hall–Kier alpha value is -1.85. The van der Waals surface area contributed by atoms with Crippen LogP contribution in [0, 0.1) is 0 Å². The van der Waals surface area contributed by atoms with Crippen molar-refractivity contribution >= 4 is 0 Å². The number of aromatic nitrogens is 1. The summed E-state index contributed by atoms with van der Waals surface area (Å²) in [6.07, 6.45) is 2.50. The third-order valence-electron chi connectivity index (χ3n) is 3.00. The zero-order chi connectivity index (χ0) is 14.9. The molecule has 0 saturated heterocycles. The Bertz CT molecular complexity index is 540. The van der Waals surface area contributed by atoms with E-state index in [9.17, 15) is 0 Å². The summed E-state index contributed by atoms with van der Waals surface area (Å²) in [7, 11) is 1.69. The van der Waals surface area contributed by atoms with Gasteiger partial charge in [-0.15, -0.1) is 0 Å². The van der Waals surface area contributed by atoms with E-state index >= 15 is 0 Å². The van der Waals surface area contributed by atoms with Gasteiger partial charge in [-0.3, -0.25) is 0 Å². The van der Waals surface area contributed by atoms with Crippen LogP contribution in [0.25, 0.3) is 11.3 Å². The minimum Gasteiger partial charge on any atom is -0.493 e. The second kappa shape index (κ2) is 8.44. The highest BCUT2D eigenvalue weighted by Gasteiger charge is 2.11. The molecule has 0 spiro atoms. The number of nitrogens with zero attached hydrogens (tertiary/aromatic N) is 1. The van der Waals surface area contributed by atoms with Gasteiger partial charge < -0.3 is 19.2 Å². The standard InChI is InChI=1S/C16H22N2O3/c1-3-20-14-7-5-4-6-13(14)15-12-18-16(21-15)8-9-17-10-11-19-2/h4-7,12,17H,3,8-11H2,1-2H3. The molecule has 2 rings (SSSR count). The number of benzene rings is 1. The lowest BCUT2D eigenvalue weighted by atomic mass is 10.1. The molecular weight excluding hydrogens is 268 g/mol. The molecule has 5 nitrogen and oxygen atoms in total. The molecule has 0 unspecified atom stereocenters. The first kappa shape index (κ1) is 15.5. The Labute approximate surface area is 125 Å². The fourth-order valence-corrected chi connectivity index (χ4v) is 2.00. The van der Waals surface area contributed by atoms with Gasteiger partial charge in [0.15, 0.2) is 11.7 Å². The number of oxazole rings is 1. The predicted octanol–water partition coefficient (Wildman–Crippen LogP) is 2.52. The molecule has 0 bridgehead atoms. The van der Waals surface area contributed by atoms with Gasteiger partial charge in [-0.25, -0.2) is 4.98 Å². The summed E-state index contributed by atoms with van der Waals surface area (Å²) in [5, 5.41) is 3.27. The molecule has 0 amide bonds. The van der Waals surface area contributed by atoms with Crippen LogP contribution in [0.3, 0.4) is 0 Å². The zero-order valence-electron chi connectivity index (χ0n) is 12.6. The van der Waals surface area contributed by atoms with E-state index in [-0.39, 0.29) is 0 Å². The van der Waals surface area contributed by atoms with E-state index in [0.29, 0.717) is 13.2 Å². The molecule has 0 radical (unpaired) electrons. The molecule has 2 aromatic rings. The lowest BCUT2D eigenvalue weighted by Crippen LogP contribution is -2.21. The molecule has 1 aromatic carbocycles. The molecule has 0 aliphatic carbocycles.